The number of hydrogen-bond donors (Lipinski definition) is 2. The van der Waals surface area contributed by atoms with Crippen molar-refractivity contribution in [2.45, 2.75) is 69.9 Å². The molecule has 9 heteroatoms. The number of methoxy groups -OCH3 is 1. The van der Waals surface area contributed by atoms with Crippen LogP contribution in [-0.4, -0.2) is 53.9 Å². The molecule has 32 heavy (non-hydrogen) atoms. The molecule has 3 rings (SSSR count). The molecule has 0 radical (unpaired) electrons. The van der Waals surface area contributed by atoms with Gasteiger partial charge in [-0.3, -0.25) is 4.79 Å². The van der Waals surface area contributed by atoms with Crippen LogP contribution in [0.5, 0.6) is 5.75 Å². The maximum Gasteiger partial charge on any atom is 0.508 e. The lowest BCUT2D eigenvalue weighted by molar-refractivity contribution is -0.140. The van der Waals surface area contributed by atoms with Gasteiger partial charge in [0.05, 0.1) is 18.6 Å². The average Bonchev–Trinajstić information content (AvgIpc) is 2.80. The molecule has 0 spiro atoms. The van der Waals surface area contributed by atoms with Crippen LogP contribution in [0.15, 0.2) is 24.3 Å². The van der Waals surface area contributed by atoms with Crippen molar-refractivity contribution in [3.05, 3.63) is 29.8 Å². The van der Waals surface area contributed by atoms with E-state index in [2.05, 4.69) is 4.74 Å². The molecular weight excluding hydrogens is 420 g/mol. The molecule has 0 saturated heterocycles. The van der Waals surface area contributed by atoms with Crippen molar-refractivity contribution in [3.8, 4) is 5.75 Å². The summed E-state index contributed by atoms with van der Waals surface area (Å²) >= 11 is 0. The summed E-state index contributed by atoms with van der Waals surface area (Å²) in [6.07, 6.45) is 2.10. The zero-order chi connectivity index (χ0) is 23.1. The Morgan fingerprint density at radius 1 is 0.844 bits per heavy atom. The Hall–Kier alpha value is -2.65. The second-order valence-corrected chi connectivity index (χ2v) is 8.35. The lowest BCUT2D eigenvalue weighted by Crippen LogP contribution is -2.30. The molecule has 2 saturated carbocycles. The second kappa shape index (κ2) is 11.3. The highest BCUT2D eigenvalue weighted by Gasteiger charge is 2.30. The molecule has 0 atom stereocenters. The first-order valence-electron chi connectivity index (χ1n) is 11.0. The molecule has 2 aliphatic rings. The largest absolute Gasteiger partial charge is 0.508 e. The normalized spacial score (nSPS) is 25.6. The van der Waals surface area contributed by atoms with E-state index >= 15 is 0 Å². The van der Waals surface area contributed by atoms with Crippen LogP contribution in [-0.2, 0) is 19.0 Å². The molecule has 2 fully saturated rings. The van der Waals surface area contributed by atoms with E-state index in [1.54, 1.807) is 24.3 Å². The Bertz CT molecular complexity index is 773. The van der Waals surface area contributed by atoms with Crippen LogP contribution in [0.2, 0.25) is 0 Å². The van der Waals surface area contributed by atoms with Crippen molar-refractivity contribution in [3.63, 3.8) is 0 Å². The van der Waals surface area contributed by atoms with Gasteiger partial charge >= 0.3 is 18.1 Å². The van der Waals surface area contributed by atoms with Crippen LogP contribution in [0, 0.1) is 11.8 Å². The minimum atomic E-state index is -1.33. The van der Waals surface area contributed by atoms with Crippen molar-refractivity contribution in [1.82, 2.24) is 0 Å². The number of benzene rings is 1. The van der Waals surface area contributed by atoms with E-state index < -0.39 is 18.4 Å². The monoisotopic (exact) mass is 450 g/mol. The van der Waals surface area contributed by atoms with E-state index in [-0.39, 0.29) is 30.0 Å². The number of carbonyl (C=O) groups excluding carboxylic acids is 3. The van der Waals surface area contributed by atoms with Crippen LogP contribution in [0.3, 0.4) is 0 Å². The number of ether oxygens (including phenoxy) is 4. The molecular formula is C23H30O9. The highest BCUT2D eigenvalue weighted by atomic mass is 16.7. The maximum atomic E-state index is 12.4. The van der Waals surface area contributed by atoms with Gasteiger partial charge in [-0.2, -0.15) is 0 Å². The predicted molar refractivity (Wildman–Crippen MR) is 111 cm³/mol. The van der Waals surface area contributed by atoms with Gasteiger partial charge in [-0.05, 0) is 75.6 Å². The SMILES string of the molecule is COC(=O)OC1CCC(C(=O)Oc2ccc(C(=O)OC3CCC(C(O)O)CC3)cc2)CC1. The smallest absolute Gasteiger partial charge is 0.459 e. The van der Waals surface area contributed by atoms with E-state index in [4.69, 9.17) is 14.2 Å². The summed E-state index contributed by atoms with van der Waals surface area (Å²) < 4.78 is 20.5. The fraction of sp³-hybridized carbons (Fsp3) is 0.609. The van der Waals surface area contributed by atoms with E-state index in [0.717, 1.165) is 0 Å². The van der Waals surface area contributed by atoms with Gasteiger partial charge in [-0.15, -0.1) is 0 Å². The number of aliphatic hydroxyl groups is 2. The third kappa shape index (κ3) is 6.67. The third-order valence-electron chi connectivity index (χ3n) is 6.16. The lowest BCUT2D eigenvalue weighted by atomic mass is 9.87. The van der Waals surface area contributed by atoms with E-state index in [1.165, 1.54) is 7.11 Å². The minimum absolute atomic E-state index is 0.172. The van der Waals surface area contributed by atoms with Gasteiger partial charge in [0.25, 0.3) is 0 Å². The van der Waals surface area contributed by atoms with Crippen molar-refractivity contribution in [2.24, 2.45) is 11.8 Å². The van der Waals surface area contributed by atoms with Gasteiger partial charge in [0.2, 0.25) is 0 Å². The van der Waals surface area contributed by atoms with Crippen LogP contribution in [0.1, 0.15) is 61.7 Å². The fourth-order valence-corrected chi connectivity index (χ4v) is 4.18. The molecule has 0 unspecified atom stereocenters. The number of carbonyl (C=O) groups is 3. The first-order valence-corrected chi connectivity index (χ1v) is 11.0. The average molecular weight is 450 g/mol. The summed E-state index contributed by atoms with van der Waals surface area (Å²) in [7, 11) is 1.26. The van der Waals surface area contributed by atoms with Crippen LogP contribution < -0.4 is 4.74 Å². The Kier molecular flexibility index (Phi) is 8.46. The van der Waals surface area contributed by atoms with Crippen LogP contribution in [0.4, 0.5) is 4.79 Å². The van der Waals surface area contributed by atoms with Crippen molar-refractivity contribution < 1.29 is 43.5 Å². The summed E-state index contributed by atoms with van der Waals surface area (Å²) in [5, 5.41) is 18.5. The Morgan fingerprint density at radius 2 is 1.41 bits per heavy atom. The molecule has 0 aliphatic heterocycles. The zero-order valence-corrected chi connectivity index (χ0v) is 18.1. The number of hydrogen-bond acceptors (Lipinski definition) is 9. The van der Waals surface area contributed by atoms with Crippen molar-refractivity contribution >= 4 is 18.1 Å². The Morgan fingerprint density at radius 3 is 1.97 bits per heavy atom. The van der Waals surface area contributed by atoms with Crippen LogP contribution >= 0.6 is 0 Å². The Labute approximate surface area is 186 Å². The molecule has 0 amide bonds. The maximum absolute atomic E-state index is 12.4. The first kappa shape index (κ1) is 24.0. The molecule has 2 N–H and O–H groups in total. The molecule has 2 aliphatic carbocycles. The van der Waals surface area contributed by atoms with Gasteiger partial charge < -0.3 is 29.2 Å². The third-order valence-corrected chi connectivity index (χ3v) is 6.16. The standard InChI is InChI=1S/C23H30O9/c1-29-23(28)32-19-12-6-16(7-13-19)22(27)31-18-10-4-15(5-11-18)21(26)30-17-8-2-14(3-9-17)20(24)25/h4-5,10-11,14,16-17,19-20,24-25H,2-3,6-9,12-13H2,1H3. The fourth-order valence-electron chi connectivity index (χ4n) is 4.18. The number of rotatable bonds is 6. The number of esters is 2. The van der Waals surface area contributed by atoms with Gasteiger partial charge in [-0.1, -0.05) is 0 Å². The molecule has 0 heterocycles. The Balaban J connectivity index is 1.43. The van der Waals surface area contributed by atoms with Gasteiger partial charge in [0.1, 0.15) is 18.0 Å². The van der Waals surface area contributed by atoms with Crippen molar-refractivity contribution in [1.29, 1.82) is 0 Å². The predicted octanol–water partition coefficient (Wildman–Crippen LogP) is 2.96. The zero-order valence-electron chi connectivity index (χ0n) is 18.1. The summed E-state index contributed by atoms with van der Waals surface area (Å²) in [6, 6.07) is 6.21. The first-order chi connectivity index (χ1) is 15.4. The van der Waals surface area contributed by atoms with E-state index in [9.17, 15) is 24.6 Å². The van der Waals surface area contributed by atoms with E-state index in [1.807, 2.05) is 0 Å². The molecule has 9 nitrogen and oxygen atoms in total. The van der Waals surface area contributed by atoms with Crippen molar-refractivity contribution in [2.75, 3.05) is 7.11 Å². The number of aliphatic hydroxyl groups excluding tert-OH is 1. The van der Waals surface area contributed by atoms with E-state index in [0.29, 0.717) is 62.7 Å². The molecule has 1 aromatic rings. The quantitative estimate of drug-likeness (QED) is 0.382. The molecule has 1 aromatic carbocycles. The highest BCUT2D eigenvalue weighted by molar-refractivity contribution is 5.89. The van der Waals surface area contributed by atoms with Gasteiger partial charge in [0, 0.05) is 5.92 Å². The topological polar surface area (TPSA) is 129 Å². The van der Waals surface area contributed by atoms with Gasteiger partial charge in [-0.25, -0.2) is 9.59 Å². The molecule has 0 bridgehead atoms. The summed E-state index contributed by atoms with van der Waals surface area (Å²) in [5.74, 6) is -0.907. The minimum Gasteiger partial charge on any atom is -0.459 e. The summed E-state index contributed by atoms with van der Waals surface area (Å²) in [5.41, 5.74) is 0.356. The second-order valence-electron chi connectivity index (χ2n) is 8.35. The summed E-state index contributed by atoms with van der Waals surface area (Å²) in [4.78, 5) is 36.0. The molecule has 0 aromatic heterocycles. The summed E-state index contributed by atoms with van der Waals surface area (Å²) in [6.45, 7) is 0. The molecule has 176 valence electrons. The lowest BCUT2D eigenvalue weighted by Gasteiger charge is -2.29. The van der Waals surface area contributed by atoms with Crippen LogP contribution in [0.25, 0.3) is 0 Å². The highest BCUT2D eigenvalue weighted by Crippen LogP contribution is 2.30. The van der Waals surface area contributed by atoms with Gasteiger partial charge in [0.15, 0.2) is 6.29 Å².